The van der Waals surface area contributed by atoms with Crippen molar-refractivity contribution in [1.82, 2.24) is 4.98 Å². The second-order valence-electron chi connectivity index (χ2n) is 2.12. The first kappa shape index (κ1) is 6.67. The minimum absolute atomic E-state index is 0.445. The van der Waals surface area contributed by atoms with E-state index in [1.807, 2.05) is 0 Å². The molecule has 1 heterocycles. The molecule has 0 fully saturated rings. The van der Waals surface area contributed by atoms with Crippen molar-refractivity contribution in [2.45, 2.75) is 4.90 Å². The SMILES string of the molecule is Fc1nc2cc(S)ccc2o1. The fraction of sp³-hybridized carbons (Fsp3) is 0. The molecule has 0 unspecified atom stereocenters. The third-order valence-electron chi connectivity index (χ3n) is 1.35. The summed E-state index contributed by atoms with van der Waals surface area (Å²) in [6, 6.07) is 4.99. The highest BCUT2D eigenvalue weighted by molar-refractivity contribution is 7.80. The van der Waals surface area contributed by atoms with Gasteiger partial charge in [-0.15, -0.1) is 17.0 Å². The van der Waals surface area contributed by atoms with Crippen LogP contribution < -0.4 is 0 Å². The van der Waals surface area contributed by atoms with Gasteiger partial charge in [-0.25, -0.2) is 0 Å². The van der Waals surface area contributed by atoms with Gasteiger partial charge >= 0.3 is 6.14 Å². The van der Waals surface area contributed by atoms with Gasteiger partial charge in [0, 0.05) is 4.90 Å². The number of thiol groups is 1. The van der Waals surface area contributed by atoms with Crippen LogP contribution in [0.5, 0.6) is 0 Å². The lowest BCUT2D eigenvalue weighted by molar-refractivity contribution is 0.355. The predicted molar refractivity (Wildman–Crippen MR) is 41.2 cm³/mol. The molecular weight excluding hydrogens is 165 g/mol. The molecule has 0 aliphatic rings. The molecule has 0 saturated carbocycles. The summed E-state index contributed by atoms with van der Waals surface area (Å²) < 4.78 is 17.0. The number of aromatic nitrogens is 1. The Morgan fingerprint density at radius 1 is 1.45 bits per heavy atom. The van der Waals surface area contributed by atoms with Crippen LogP contribution >= 0.6 is 12.6 Å². The molecule has 0 atom stereocenters. The van der Waals surface area contributed by atoms with Crippen LogP contribution in [0.15, 0.2) is 27.5 Å². The molecule has 0 saturated heterocycles. The molecule has 0 spiro atoms. The third kappa shape index (κ3) is 1.09. The second kappa shape index (κ2) is 2.23. The van der Waals surface area contributed by atoms with Crippen LogP contribution in [0.3, 0.4) is 0 Å². The van der Waals surface area contributed by atoms with Crippen LogP contribution in [0.25, 0.3) is 11.1 Å². The second-order valence-corrected chi connectivity index (χ2v) is 2.64. The smallest absolute Gasteiger partial charge is 0.382 e. The summed E-state index contributed by atoms with van der Waals surface area (Å²) in [5.74, 6) is 0. The lowest BCUT2D eigenvalue weighted by Crippen LogP contribution is -1.68. The van der Waals surface area contributed by atoms with Gasteiger partial charge in [0.05, 0.1) is 0 Å². The zero-order valence-corrected chi connectivity index (χ0v) is 6.31. The van der Waals surface area contributed by atoms with Crippen molar-refractivity contribution < 1.29 is 8.81 Å². The monoisotopic (exact) mass is 169 g/mol. The van der Waals surface area contributed by atoms with Crippen molar-refractivity contribution in [2.24, 2.45) is 0 Å². The van der Waals surface area contributed by atoms with Crippen LogP contribution in [0, 0.1) is 6.14 Å². The van der Waals surface area contributed by atoms with Crippen molar-refractivity contribution in [2.75, 3.05) is 0 Å². The zero-order chi connectivity index (χ0) is 7.84. The molecule has 0 bridgehead atoms. The van der Waals surface area contributed by atoms with E-state index in [9.17, 15) is 4.39 Å². The van der Waals surface area contributed by atoms with E-state index in [1.54, 1.807) is 18.2 Å². The van der Waals surface area contributed by atoms with Gasteiger partial charge in [-0.1, -0.05) is 0 Å². The molecule has 0 amide bonds. The molecule has 2 aromatic rings. The van der Waals surface area contributed by atoms with Gasteiger partial charge in [-0.2, -0.15) is 4.98 Å². The minimum atomic E-state index is -0.807. The number of halogens is 1. The first-order valence-corrected chi connectivity index (χ1v) is 3.45. The van der Waals surface area contributed by atoms with Crippen LogP contribution in [0.1, 0.15) is 0 Å². The number of nitrogens with zero attached hydrogens (tertiary/aromatic N) is 1. The van der Waals surface area contributed by atoms with Gasteiger partial charge in [0.2, 0.25) is 0 Å². The number of oxazole rings is 1. The van der Waals surface area contributed by atoms with Crippen molar-refractivity contribution in [1.29, 1.82) is 0 Å². The van der Waals surface area contributed by atoms with Crippen LogP contribution in [-0.2, 0) is 0 Å². The molecular formula is C7H4FNOS. The van der Waals surface area contributed by atoms with E-state index >= 15 is 0 Å². The minimum Gasteiger partial charge on any atom is -0.415 e. The average Bonchev–Trinajstić information content (AvgIpc) is 2.27. The van der Waals surface area contributed by atoms with Gasteiger partial charge in [-0.3, -0.25) is 0 Å². The maximum absolute atomic E-state index is 12.4. The quantitative estimate of drug-likeness (QED) is 0.612. The molecule has 0 radical (unpaired) electrons. The Balaban J connectivity index is 2.82. The van der Waals surface area contributed by atoms with Crippen molar-refractivity contribution in [3.8, 4) is 0 Å². The summed E-state index contributed by atoms with van der Waals surface area (Å²) >= 11 is 4.07. The number of hydrogen-bond acceptors (Lipinski definition) is 3. The fourth-order valence-electron chi connectivity index (χ4n) is 0.888. The summed E-state index contributed by atoms with van der Waals surface area (Å²) in [6.07, 6.45) is -0.807. The molecule has 2 nitrogen and oxygen atoms in total. The Morgan fingerprint density at radius 2 is 2.27 bits per heavy atom. The van der Waals surface area contributed by atoms with Crippen molar-refractivity contribution in [3.63, 3.8) is 0 Å². The molecule has 2 rings (SSSR count). The van der Waals surface area contributed by atoms with Crippen LogP contribution in [0.4, 0.5) is 4.39 Å². The van der Waals surface area contributed by atoms with Gasteiger partial charge in [0.1, 0.15) is 5.52 Å². The molecule has 0 N–H and O–H groups in total. The predicted octanol–water partition coefficient (Wildman–Crippen LogP) is 2.26. The Hall–Kier alpha value is -1.03. The van der Waals surface area contributed by atoms with Crippen LogP contribution in [-0.4, -0.2) is 4.98 Å². The molecule has 56 valence electrons. The Labute approximate surface area is 67.4 Å². The fourth-order valence-corrected chi connectivity index (χ4v) is 1.08. The van der Waals surface area contributed by atoms with E-state index in [1.165, 1.54) is 0 Å². The summed E-state index contributed by atoms with van der Waals surface area (Å²) in [6.45, 7) is 0. The maximum atomic E-state index is 12.4. The van der Waals surface area contributed by atoms with E-state index < -0.39 is 6.14 Å². The molecule has 1 aromatic carbocycles. The summed E-state index contributed by atoms with van der Waals surface area (Å²) in [7, 11) is 0. The highest BCUT2D eigenvalue weighted by Gasteiger charge is 2.02. The Kier molecular flexibility index (Phi) is 1.35. The Morgan fingerprint density at radius 3 is 3.09 bits per heavy atom. The molecule has 1 aromatic heterocycles. The first-order valence-electron chi connectivity index (χ1n) is 3.01. The highest BCUT2D eigenvalue weighted by Crippen LogP contribution is 2.17. The molecule has 0 aliphatic heterocycles. The van der Waals surface area contributed by atoms with Crippen molar-refractivity contribution >= 4 is 23.7 Å². The van der Waals surface area contributed by atoms with Crippen LogP contribution in [0.2, 0.25) is 0 Å². The molecule has 0 aliphatic carbocycles. The van der Waals surface area contributed by atoms with E-state index in [0.29, 0.717) is 11.1 Å². The third-order valence-corrected chi connectivity index (χ3v) is 1.62. The van der Waals surface area contributed by atoms with Gasteiger partial charge < -0.3 is 4.42 Å². The van der Waals surface area contributed by atoms with Gasteiger partial charge in [0.25, 0.3) is 0 Å². The number of hydrogen-bond donors (Lipinski definition) is 1. The molecule has 4 heteroatoms. The highest BCUT2D eigenvalue weighted by atomic mass is 32.1. The van der Waals surface area contributed by atoms with Gasteiger partial charge in [-0.05, 0) is 18.2 Å². The largest absolute Gasteiger partial charge is 0.415 e. The topological polar surface area (TPSA) is 26.0 Å². The Bertz CT molecular complexity index is 398. The molecule has 11 heavy (non-hydrogen) atoms. The van der Waals surface area contributed by atoms with Gasteiger partial charge in [0.15, 0.2) is 5.58 Å². The number of rotatable bonds is 0. The number of benzene rings is 1. The lowest BCUT2D eigenvalue weighted by atomic mass is 10.3. The average molecular weight is 169 g/mol. The normalized spacial score (nSPS) is 10.7. The zero-order valence-electron chi connectivity index (χ0n) is 5.41. The van der Waals surface area contributed by atoms with E-state index in [4.69, 9.17) is 0 Å². The standard InChI is InChI=1S/C7H4FNOS/c8-7-9-5-3-4(11)1-2-6(5)10-7/h1-3,11H. The summed E-state index contributed by atoms with van der Waals surface area (Å²) in [5.41, 5.74) is 0.940. The number of fused-ring (bicyclic) bond motifs is 1. The van der Waals surface area contributed by atoms with E-state index in [-0.39, 0.29) is 0 Å². The maximum Gasteiger partial charge on any atom is 0.382 e. The van der Waals surface area contributed by atoms with E-state index in [0.717, 1.165) is 4.90 Å². The summed E-state index contributed by atoms with van der Waals surface area (Å²) in [5, 5.41) is 0. The summed E-state index contributed by atoms with van der Waals surface area (Å²) in [4.78, 5) is 4.23. The van der Waals surface area contributed by atoms with E-state index in [2.05, 4.69) is 22.0 Å². The lowest BCUT2D eigenvalue weighted by Gasteiger charge is -1.86. The first-order chi connectivity index (χ1) is 5.25. The van der Waals surface area contributed by atoms with Crippen molar-refractivity contribution in [3.05, 3.63) is 24.3 Å².